The standard InChI is InChI=1S/C47H54N2O7S/c1-5-26-54-47-43(49(2)46(52)34-17-16-31-12-6-7-13-32(31)27-34)30-41(48-53-3)39-28-33(14-8-10-24-50)38(15-9-11-25-51)44(45(39)47)40-29-36(20-23-42(40)56-47)55-35-18-21-37(57-4)22-19-35/h5-7,12-13,16-23,27-29,33,38,43-45,50-51H,1,8-11,14-15,24-26,30H2,2-4H3/t33-,38+,43-,44+,45+,47+/m0/s1. The van der Waals surface area contributed by atoms with Gasteiger partial charge in [0.2, 0.25) is 5.79 Å². The van der Waals surface area contributed by atoms with E-state index in [0.717, 1.165) is 63.9 Å². The third-order valence-corrected chi connectivity index (χ3v) is 12.7. The third-order valence-electron chi connectivity index (χ3n) is 11.9. The molecule has 6 atom stereocenters. The fourth-order valence-corrected chi connectivity index (χ4v) is 9.76. The molecule has 1 fully saturated rings. The highest BCUT2D eigenvalue weighted by molar-refractivity contribution is 7.98. The van der Waals surface area contributed by atoms with Gasteiger partial charge in [0.15, 0.2) is 0 Å². The maximum atomic E-state index is 14.7. The Kier molecular flexibility index (Phi) is 13.0. The lowest BCUT2D eigenvalue weighted by molar-refractivity contribution is -0.252. The summed E-state index contributed by atoms with van der Waals surface area (Å²) in [6, 6.07) is 27.3. The van der Waals surface area contributed by atoms with Crippen LogP contribution in [-0.2, 0) is 9.57 Å². The fourth-order valence-electron chi connectivity index (χ4n) is 9.35. The summed E-state index contributed by atoms with van der Waals surface area (Å²) < 4.78 is 20.8. The number of hydrogen-bond donors (Lipinski definition) is 2. The van der Waals surface area contributed by atoms with Gasteiger partial charge in [0.05, 0.1) is 18.2 Å². The van der Waals surface area contributed by atoms with Crippen LogP contribution in [0.1, 0.15) is 66.8 Å². The van der Waals surface area contributed by atoms with Crippen LogP contribution in [0.2, 0.25) is 0 Å². The zero-order valence-corrected chi connectivity index (χ0v) is 34.0. The van der Waals surface area contributed by atoms with E-state index in [1.807, 2.05) is 85.9 Å². The maximum absolute atomic E-state index is 14.7. The number of fused-ring (bicyclic) bond motifs is 3. The molecule has 0 aromatic heterocycles. The van der Waals surface area contributed by atoms with Gasteiger partial charge in [-0.15, -0.1) is 18.3 Å². The Balaban J connectivity index is 1.40. The first kappa shape index (κ1) is 40.6. The number of rotatable bonds is 17. The van der Waals surface area contributed by atoms with Crippen LogP contribution in [0, 0.1) is 17.8 Å². The molecule has 3 aliphatic rings. The molecule has 0 saturated heterocycles. The van der Waals surface area contributed by atoms with Crippen molar-refractivity contribution in [3.8, 4) is 17.2 Å². The lowest BCUT2D eigenvalue weighted by Crippen LogP contribution is -2.69. The van der Waals surface area contributed by atoms with Crippen LogP contribution >= 0.6 is 11.8 Å². The number of carbonyl (C=O) groups is 1. The Labute approximate surface area is 340 Å². The van der Waals surface area contributed by atoms with Gasteiger partial charge in [0.1, 0.15) is 30.4 Å². The number of oxime groups is 1. The third kappa shape index (κ3) is 8.23. The highest BCUT2D eigenvalue weighted by atomic mass is 32.2. The van der Waals surface area contributed by atoms with Crippen molar-refractivity contribution in [3.63, 3.8) is 0 Å². The molecule has 1 amide bonds. The molecule has 0 radical (unpaired) electrons. The summed E-state index contributed by atoms with van der Waals surface area (Å²) in [4.78, 5) is 23.2. The van der Waals surface area contributed by atoms with E-state index in [9.17, 15) is 15.0 Å². The number of aliphatic hydroxyl groups excluding tert-OH is 2. The van der Waals surface area contributed by atoms with E-state index in [4.69, 9.17) is 19.0 Å². The van der Waals surface area contributed by atoms with Crippen LogP contribution in [0.3, 0.4) is 0 Å². The monoisotopic (exact) mass is 790 g/mol. The van der Waals surface area contributed by atoms with Crippen molar-refractivity contribution in [2.45, 2.75) is 67.6 Å². The summed E-state index contributed by atoms with van der Waals surface area (Å²) in [5.41, 5.74) is 3.31. The summed E-state index contributed by atoms with van der Waals surface area (Å²) in [5, 5.41) is 26.4. The molecule has 4 aromatic carbocycles. The molecule has 0 bridgehead atoms. The Bertz CT molecular complexity index is 2100. The summed E-state index contributed by atoms with van der Waals surface area (Å²) >= 11 is 1.68. The summed E-state index contributed by atoms with van der Waals surface area (Å²) in [6.07, 6.45) is 11.3. The molecule has 57 heavy (non-hydrogen) atoms. The number of amides is 1. The van der Waals surface area contributed by atoms with Crippen molar-refractivity contribution in [2.75, 3.05) is 40.2 Å². The van der Waals surface area contributed by atoms with Crippen molar-refractivity contribution in [1.29, 1.82) is 0 Å². The van der Waals surface area contributed by atoms with Crippen LogP contribution in [0.25, 0.3) is 10.8 Å². The zero-order chi connectivity index (χ0) is 39.9. The first-order valence-corrected chi connectivity index (χ1v) is 21.3. The fraction of sp³-hybridized carbons (Fsp3) is 0.404. The SMILES string of the molecule is C=CCO[C@@]12Oc3ccc(Oc4ccc(SC)cc4)cc3[C@H]3[C@H](CCCCO)[C@@H](CCCCO)C=C(C(=NOC)C[C@@H]1N(C)C(=O)c1ccc4ccccc4c1)[C@H]32. The van der Waals surface area contributed by atoms with Crippen molar-refractivity contribution >= 4 is 34.2 Å². The van der Waals surface area contributed by atoms with Gasteiger partial charge in [-0.1, -0.05) is 60.5 Å². The van der Waals surface area contributed by atoms with E-state index in [1.165, 1.54) is 0 Å². The Hall–Kier alpha value is -4.61. The van der Waals surface area contributed by atoms with Gasteiger partial charge in [-0.05, 0) is 115 Å². The quantitative estimate of drug-likeness (QED) is 0.0472. The van der Waals surface area contributed by atoms with Gasteiger partial charge in [-0.25, -0.2) is 0 Å². The van der Waals surface area contributed by atoms with Gasteiger partial charge in [0.25, 0.3) is 5.91 Å². The van der Waals surface area contributed by atoms with Crippen LogP contribution in [-0.4, -0.2) is 78.8 Å². The number of likely N-dealkylation sites (N-methyl/N-ethyl adjacent to an activating group) is 1. The second-order valence-electron chi connectivity index (χ2n) is 15.2. The largest absolute Gasteiger partial charge is 0.459 e. The molecule has 2 N–H and O–H groups in total. The highest BCUT2D eigenvalue weighted by Crippen LogP contribution is 2.62. The smallest absolute Gasteiger partial charge is 0.254 e. The number of benzene rings is 4. The van der Waals surface area contributed by atoms with Gasteiger partial charge in [0, 0.05) is 48.6 Å². The minimum atomic E-state index is -1.33. The number of nitrogens with zero attached hydrogens (tertiary/aromatic N) is 2. The number of allylic oxidation sites excluding steroid dienone is 1. The molecule has 0 unspecified atom stereocenters. The second-order valence-corrected chi connectivity index (χ2v) is 16.1. The number of aliphatic hydroxyl groups is 2. The molecule has 1 aliphatic heterocycles. The number of thioether (sulfide) groups is 1. The predicted molar refractivity (Wildman–Crippen MR) is 226 cm³/mol. The molecule has 0 spiro atoms. The van der Waals surface area contributed by atoms with Crippen molar-refractivity contribution in [2.24, 2.45) is 22.9 Å². The molecule has 1 saturated carbocycles. The van der Waals surface area contributed by atoms with E-state index >= 15 is 0 Å². The zero-order valence-electron chi connectivity index (χ0n) is 33.1. The first-order valence-electron chi connectivity index (χ1n) is 20.0. The van der Waals surface area contributed by atoms with E-state index in [2.05, 4.69) is 30.1 Å². The lowest BCUT2D eigenvalue weighted by atomic mass is 9.55. The van der Waals surface area contributed by atoms with Gasteiger partial charge < -0.3 is 34.2 Å². The van der Waals surface area contributed by atoms with E-state index < -0.39 is 17.7 Å². The van der Waals surface area contributed by atoms with Crippen molar-refractivity contribution in [3.05, 3.63) is 120 Å². The van der Waals surface area contributed by atoms with Crippen molar-refractivity contribution < 1.29 is 34.1 Å². The van der Waals surface area contributed by atoms with Crippen LogP contribution in [0.4, 0.5) is 0 Å². The number of hydrogen-bond acceptors (Lipinski definition) is 9. The molecule has 10 heteroatoms. The van der Waals surface area contributed by atoms with Crippen LogP contribution < -0.4 is 9.47 Å². The molecule has 7 rings (SSSR count). The Morgan fingerprint density at radius 1 is 0.965 bits per heavy atom. The Morgan fingerprint density at radius 2 is 1.70 bits per heavy atom. The number of unbranched alkanes of at least 4 members (excludes halogenated alkanes) is 2. The van der Waals surface area contributed by atoms with E-state index in [1.54, 1.807) is 29.8 Å². The average Bonchev–Trinajstić information content (AvgIpc) is 3.24. The maximum Gasteiger partial charge on any atom is 0.254 e. The van der Waals surface area contributed by atoms with Crippen LogP contribution in [0.5, 0.6) is 17.2 Å². The highest BCUT2D eigenvalue weighted by Gasteiger charge is 2.65. The minimum Gasteiger partial charge on any atom is -0.459 e. The second kappa shape index (κ2) is 18.3. The summed E-state index contributed by atoms with van der Waals surface area (Å²) in [5.74, 6) is 0.325. The van der Waals surface area contributed by atoms with Crippen LogP contribution in [0.15, 0.2) is 119 Å². The molecule has 300 valence electrons. The number of ether oxygens (including phenoxy) is 3. The molecule has 1 heterocycles. The Morgan fingerprint density at radius 3 is 2.42 bits per heavy atom. The molecular weight excluding hydrogens is 737 g/mol. The summed E-state index contributed by atoms with van der Waals surface area (Å²) in [6.45, 7) is 4.46. The molecule has 4 aromatic rings. The van der Waals surface area contributed by atoms with Gasteiger partial charge in [-0.2, -0.15) is 0 Å². The number of carbonyl (C=O) groups excluding carboxylic acids is 1. The topological polar surface area (TPSA) is 110 Å². The van der Waals surface area contributed by atoms with Gasteiger partial charge >= 0.3 is 0 Å². The molecular formula is C47H54N2O7S. The van der Waals surface area contributed by atoms with E-state index in [0.29, 0.717) is 36.3 Å². The minimum absolute atomic E-state index is 0.110. The van der Waals surface area contributed by atoms with Crippen molar-refractivity contribution in [1.82, 2.24) is 4.90 Å². The molecule has 2 aliphatic carbocycles. The normalized spacial score (nSPS) is 24.2. The van der Waals surface area contributed by atoms with Gasteiger partial charge in [-0.3, -0.25) is 4.79 Å². The predicted octanol–water partition coefficient (Wildman–Crippen LogP) is 9.39. The lowest BCUT2D eigenvalue weighted by Gasteiger charge is -2.59. The van der Waals surface area contributed by atoms with E-state index in [-0.39, 0.29) is 43.5 Å². The molecule has 9 nitrogen and oxygen atoms in total. The first-order chi connectivity index (χ1) is 27.8. The summed E-state index contributed by atoms with van der Waals surface area (Å²) in [7, 11) is 3.38. The average molecular weight is 791 g/mol.